The van der Waals surface area contributed by atoms with Crippen LogP contribution in [0.25, 0.3) is 0 Å². The number of para-hydroxylation sites is 2. The molecule has 2 aromatic carbocycles. The van der Waals surface area contributed by atoms with Crippen molar-refractivity contribution in [2.24, 2.45) is 0 Å². The van der Waals surface area contributed by atoms with Gasteiger partial charge < -0.3 is 19.5 Å². The summed E-state index contributed by atoms with van der Waals surface area (Å²) in [5, 5.41) is 2.64. The number of hydrogen-bond donors (Lipinski definition) is 1. The number of methoxy groups -OCH3 is 1. The smallest absolute Gasteiger partial charge is 0.237 e. The third-order valence-corrected chi connectivity index (χ3v) is 4.86. The van der Waals surface area contributed by atoms with Crippen molar-refractivity contribution in [3.63, 3.8) is 0 Å². The van der Waals surface area contributed by atoms with E-state index < -0.39 is 0 Å². The van der Waals surface area contributed by atoms with Crippen LogP contribution in [0.3, 0.4) is 0 Å². The Kier molecular flexibility index (Phi) is 5.71. The molecule has 5 nitrogen and oxygen atoms in total. The molecular formula is C19H21NO4S. The summed E-state index contributed by atoms with van der Waals surface area (Å²) in [6, 6.07) is 13.1. The van der Waals surface area contributed by atoms with Crippen LogP contribution in [0.5, 0.6) is 17.2 Å². The lowest BCUT2D eigenvalue weighted by Crippen LogP contribution is -2.22. The summed E-state index contributed by atoms with van der Waals surface area (Å²) in [4.78, 5) is 13.5. The van der Waals surface area contributed by atoms with Gasteiger partial charge in [-0.15, -0.1) is 11.8 Å². The summed E-state index contributed by atoms with van der Waals surface area (Å²) in [7, 11) is 1.58. The van der Waals surface area contributed by atoms with E-state index in [1.165, 1.54) is 11.8 Å². The van der Waals surface area contributed by atoms with Gasteiger partial charge >= 0.3 is 0 Å². The highest BCUT2D eigenvalue weighted by atomic mass is 32.2. The zero-order valence-electron chi connectivity index (χ0n) is 14.3. The molecule has 0 fully saturated rings. The highest BCUT2D eigenvalue weighted by Crippen LogP contribution is 2.35. The number of nitrogens with one attached hydrogen (secondary N) is 1. The highest BCUT2D eigenvalue weighted by Gasteiger charge is 2.18. The van der Waals surface area contributed by atoms with Crippen LogP contribution in [-0.2, 0) is 4.79 Å². The van der Waals surface area contributed by atoms with Gasteiger partial charge in [-0.05, 0) is 37.3 Å². The molecule has 132 valence electrons. The molecule has 6 heteroatoms. The fraction of sp³-hybridized carbons (Fsp3) is 0.316. The minimum absolute atomic E-state index is 0.0818. The summed E-state index contributed by atoms with van der Waals surface area (Å²) in [6.45, 7) is 3.18. The van der Waals surface area contributed by atoms with E-state index in [0.29, 0.717) is 24.7 Å². The van der Waals surface area contributed by atoms with Crippen LogP contribution in [0.2, 0.25) is 0 Å². The first-order valence-electron chi connectivity index (χ1n) is 8.17. The molecule has 0 bridgehead atoms. The van der Waals surface area contributed by atoms with E-state index in [4.69, 9.17) is 14.2 Å². The molecule has 0 unspecified atom stereocenters. The third-order valence-electron chi connectivity index (χ3n) is 3.77. The average molecular weight is 359 g/mol. The van der Waals surface area contributed by atoms with Crippen molar-refractivity contribution < 1.29 is 19.0 Å². The SMILES string of the molecule is COc1ccccc1NC(=O)[C@@H](C)Sc1ccc2c(c1)OCCCO2. The van der Waals surface area contributed by atoms with Gasteiger partial charge in [0.05, 0.1) is 31.3 Å². The van der Waals surface area contributed by atoms with Gasteiger partial charge in [0, 0.05) is 11.3 Å². The maximum absolute atomic E-state index is 12.5. The summed E-state index contributed by atoms with van der Waals surface area (Å²) < 4.78 is 16.6. The fourth-order valence-electron chi connectivity index (χ4n) is 2.46. The van der Waals surface area contributed by atoms with Crippen molar-refractivity contribution >= 4 is 23.4 Å². The number of benzene rings is 2. The lowest BCUT2D eigenvalue weighted by atomic mass is 10.3. The van der Waals surface area contributed by atoms with Gasteiger partial charge in [0.1, 0.15) is 5.75 Å². The molecule has 1 atom stereocenters. The van der Waals surface area contributed by atoms with Crippen LogP contribution < -0.4 is 19.5 Å². The van der Waals surface area contributed by atoms with Gasteiger partial charge in [-0.25, -0.2) is 0 Å². The second-order valence-corrected chi connectivity index (χ2v) is 7.02. The molecular weight excluding hydrogens is 338 g/mol. The molecule has 25 heavy (non-hydrogen) atoms. The number of carbonyl (C=O) groups excluding carboxylic acids is 1. The first-order chi connectivity index (χ1) is 12.2. The average Bonchev–Trinajstić information content (AvgIpc) is 2.87. The third kappa shape index (κ3) is 4.39. The molecule has 2 aromatic rings. The largest absolute Gasteiger partial charge is 0.495 e. The number of fused-ring (bicyclic) bond motifs is 1. The van der Waals surface area contributed by atoms with Crippen LogP contribution in [0.4, 0.5) is 5.69 Å². The molecule has 1 aliphatic heterocycles. The summed E-state index contributed by atoms with van der Waals surface area (Å²) in [5.41, 5.74) is 0.668. The number of anilines is 1. The summed E-state index contributed by atoms with van der Waals surface area (Å²) in [5.74, 6) is 2.05. The van der Waals surface area contributed by atoms with Crippen molar-refractivity contribution in [3.05, 3.63) is 42.5 Å². The van der Waals surface area contributed by atoms with Crippen molar-refractivity contribution in [3.8, 4) is 17.2 Å². The lowest BCUT2D eigenvalue weighted by Gasteiger charge is -2.15. The molecule has 0 aliphatic carbocycles. The van der Waals surface area contributed by atoms with Gasteiger partial charge in [-0.1, -0.05) is 12.1 Å². The minimum Gasteiger partial charge on any atom is -0.495 e. The molecule has 0 saturated heterocycles. The van der Waals surface area contributed by atoms with Gasteiger partial charge in [0.15, 0.2) is 11.5 Å². The van der Waals surface area contributed by atoms with E-state index in [9.17, 15) is 4.79 Å². The van der Waals surface area contributed by atoms with E-state index in [1.54, 1.807) is 7.11 Å². The van der Waals surface area contributed by atoms with E-state index in [-0.39, 0.29) is 11.2 Å². The Hall–Kier alpha value is -2.34. The van der Waals surface area contributed by atoms with Gasteiger partial charge in [0.2, 0.25) is 5.91 Å². The van der Waals surface area contributed by atoms with E-state index in [1.807, 2.05) is 49.4 Å². The number of hydrogen-bond acceptors (Lipinski definition) is 5. The molecule has 1 amide bonds. The minimum atomic E-state index is -0.269. The molecule has 0 aromatic heterocycles. The Morgan fingerprint density at radius 2 is 1.92 bits per heavy atom. The fourth-order valence-corrected chi connectivity index (χ4v) is 3.35. The molecule has 3 rings (SSSR count). The van der Waals surface area contributed by atoms with Crippen LogP contribution in [0.1, 0.15) is 13.3 Å². The summed E-state index contributed by atoms with van der Waals surface area (Å²) in [6.07, 6.45) is 0.870. The van der Waals surface area contributed by atoms with E-state index in [0.717, 1.165) is 22.8 Å². The molecule has 0 saturated carbocycles. The maximum atomic E-state index is 12.5. The standard InChI is InChI=1S/C19H21NO4S/c1-13(19(21)20-15-6-3-4-7-16(15)22-2)25-14-8-9-17-18(12-14)24-11-5-10-23-17/h3-4,6-9,12-13H,5,10-11H2,1-2H3,(H,20,21)/t13-/m1/s1. The first kappa shape index (κ1) is 17.5. The molecule has 1 N–H and O–H groups in total. The van der Waals surface area contributed by atoms with Crippen molar-refractivity contribution in [2.45, 2.75) is 23.5 Å². The molecule has 1 heterocycles. The first-order valence-corrected chi connectivity index (χ1v) is 9.05. The number of rotatable bonds is 5. The Balaban J connectivity index is 1.66. The van der Waals surface area contributed by atoms with Crippen LogP contribution in [0, 0.1) is 0 Å². The molecule has 0 radical (unpaired) electrons. The normalized spacial score (nSPS) is 14.3. The summed E-state index contributed by atoms with van der Waals surface area (Å²) >= 11 is 1.48. The monoisotopic (exact) mass is 359 g/mol. The predicted molar refractivity (Wildman–Crippen MR) is 99.0 cm³/mol. The Morgan fingerprint density at radius 3 is 2.72 bits per heavy atom. The zero-order chi connectivity index (χ0) is 17.6. The van der Waals surface area contributed by atoms with Crippen LogP contribution in [0.15, 0.2) is 47.4 Å². The highest BCUT2D eigenvalue weighted by molar-refractivity contribution is 8.00. The second kappa shape index (κ2) is 8.16. The second-order valence-electron chi connectivity index (χ2n) is 5.61. The quantitative estimate of drug-likeness (QED) is 0.819. The molecule has 1 aliphatic rings. The van der Waals surface area contributed by atoms with Gasteiger partial charge in [-0.3, -0.25) is 4.79 Å². The number of carbonyl (C=O) groups is 1. The number of thioether (sulfide) groups is 1. The Morgan fingerprint density at radius 1 is 1.16 bits per heavy atom. The number of ether oxygens (including phenoxy) is 3. The van der Waals surface area contributed by atoms with Gasteiger partial charge in [0.25, 0.3) is 0 Å². The van der Waals surface area contributed by atoms with Gasteiger partial charge in [-0.2, -0.15) is 0 Å². The predicted octanol–water partition coefficient (Wildman–Crippen LogP) is 3.98. The van der Waals surface area contributed by atoms with Crippen LogP contribution >= 0.6 is 11.8 Å². The van der Waals surface area contributed by atoms with Crippen molar-refractivity contribution in [2.75, 3.05) is 25.6 Å². The van der Waals surface area contributed by atoms with Crippen LogP contribution in [-0.4, -0.2) is 31.5 Å². The molecule has 0 spiro atoms. The van der Waals surface area contributed by atoms with E-state index in [2.05, 4.69) is 5.32 Å². The Bertz CT molecular complexity index is 750. The topological polar surface area (TPSA) is 56.8 Å². The zero-order valence-corrected chi connectivity index (χ0v) is 15.1. The number of amides is 1. The van der Waals surface area contributed by atoms with Crippen molar-refractivity contribution in [1.29, 1.82) is 0 Å². The maximum Gasteiger partial charge on any atom is 0.237 e. The lowest BCUT2D eigenvalue weighted by molar-refractivity contribution is -0.115. The van der Waals surface area contributed by atoms with E-state index >= 15 is 0 Å². The van der Waals surface area contributed by atoms with Crippen molar-refractivity contribution in [1.82, 2.24) is 0 Å². The Labute approximate surface area is 151 Å².